The Kier molecular flexibility index (Phi) is 6.71. The standard InChI is InChI=1S/C29H32N4O9/c1-11(2)27-32-28(42-33-27)14-3-4-17(34)19-15(14)9-12-10-16-21(31-13-5-7-41-8-6-13)23(36)20(26(30)39)25(38)29(16,40)24(37)18(12)22(19)35/h3-4,11-13,16,21,31,34-35,38,40H,5-10H2,1-2H3,(H2,30,39)/t12-,16-,21+,29-/m0/s1. The van der Waals surface area contributed by atoms with Crippen molar-refractivity contribution in [1.29, 1.82) is 0 Å². The molecular formula is C29H32N4O9. The summed E-state index contributed by atoms with van der Waals surface area (Å²) in [6.07, 6.45) is 1.19. The number of aliphatic hydroxyl groups excluding tert-OH is 2. The Hall–Kier alpha value is -4.07. The van der Waals surface area contributed by atoms with Gasteiger partial charge in [-0.25, -0.2) is 0 Å². The number of ketones is 2. The molecule has 0 bridgehead atoms. The van der Waals surface area contributed by atoms with Crippen LogP contribution in [0.4, 0.5) is 0 Å². The van der Waals surface area contributed by atoms with E-state index in [0.29, 0.717) is 43.0 Å². The SMILES string of the molecule is CC(C)c1noc(-c2ccc(O)c3c2C[C@H]2C[C@H]4[C@@H](NC5CCOCC5)C(=O)C(C(N)=O)=C(O)[C@@]4(O)C(=O)C2=C3O)n1. The number of nitrogens with two attached hydrogens (primary N) is 1. The number of Topliss-reactive ketones (excluding diaryl/α,β-unsaturated/α-hetero) is 2. The van der Waals surface area contributed by atoms with Crippen LogP contribution in [0.3, 0.4) is 0 Å². The minimum Gasteiger partial charge on any atom is -0.508 e. The number of rotatable bonds is 5. The van der Waals surface area contributed by atoms with Crippen LogP contribution in [0.5, 0.6) is 5.75 Å². The van der Waals surface area contributed by atoms with E-state index in [4.69, 9.17) is 15.0 Å². The molecule has 1 amide bonds. The van der Waals surface area contributed by atoms with Gasteiger partial charge >= 0.3 is 0 Å². The third-order valence-corrected chi connectivity index (χ3v) is 8.91. The number of amides is 1. The Labute approximate surface area is 240 Å². The maximum Gasteiger partial charge on any atom is 0.258 e. The van der Waals surface area contributed by atoms with Gasteiger partial charge in [0.1, 0.15) is 22.8 Å². The average molecular weight is 581 g/mol. The largest absolute Gasteiger partial charge is 0.508 e. The molecule has 1 saturated heterocycles. The molecule has 42 heavy (non-hydrogen) atoms. The summed E-state index contributed by atoms with van der Waals surface area (Å²) >= 11 is 0. The first-order chi connectivity index (χ1) is 19.9. The summed E-state index contributed by atoms with van der Waals surface area (Å²) in [5.41, 5.74) is 2.51. The molecule has 0 unspecified atom stereocenters. The molecule has 4 aliphatic rings. The van der Waals surface area contributed by atoms with Crippen molar-refractivity contribution in [3.05, 3.63) is 46.0 Å². The Morgan fingerprint density at radius 3 is 2.52 bits per heavy atom. The Morgan fingerprint density at radius 2 is 1.88 bits per heavy atom. The van der Waals surface area contributed by atoms with E-state index in [1.54, 1.807) is 6.07 Å². The van der Waals surface area contributed by atoms with Crippen LogP contribution < -0.4 is 11.1 Å². The summed E-state index contributed by atoms with van der Waals surface area (Å²) in [6.45, 7) is 4.69. The van der Waals surface area contributed by atoms with Gasteiger partial charge in [0.25, 0.3) is 11.8 Å². The summed E-state index contributed by atoms with van der Waals surface area (Å²) in [5, 5.41) is 52.4. The second-order valence-electron chi connectivity index (χ2n) is 11.7. The van der Waals surface area contributed by atoms with Crippen molar-refractivity contribution in [2.24, 2.45) is 17.6 Å². The maximum atomic E-state index is 14.1. The van der Waals surface area contributed by atoms with Crippen molar-refractivity contribution in [1.82, 2.24) is 15.5 Å². The maximum absolute atomic E-state index is 14.1. The van der Waals surface area contributed by atoms with Gasteiger partial charge < -0.3 is 40.7 Å². The number of aromatic hydroxyl groups is 1. The summed E-state index contributed by atoms with van der Waals surface area (Å²) in [6, 6.07) is 1.47. The smallest absolute Gasteiger partial charge is 0.258 e. The van der Waals surface area contributed by atoms with E-state index in [9.17, 15) is 34.8 Å². The Balaban J connectivity index is 1.49. The van der Waals surface area contributed by atoms with Gasteiger partial charge in [0.15, 0.2) is 17.2 Å². The number of hydrogen-bond donors (Lipinski definition) is 6. The van der Waals surface area contributed by atoms with Crippen molar-refractivity contribution in [3.8, 4) is 17.2 Å². The summed E-state index contributed by atoms with van der Waals surface area (Å²) in [5.74, 6) is -6.49. The molecule has 0 spiro atoms. The van der Waals surface area contributed by atoms with Gasteiger partial charge in [-0.15, -0.1) is 0 Å². The van der Waals surface area contributed by atoms with Crippen LogP contribution in [-0.2, 0) is 25.5 Å². The minimum absolute atomic E-state index is 0.0148. The molecule has 0 radical (unpaired) electrons. The zero-order valence-electron chi connectivity index (χ0n) is 23.1. The second-order valence-corrected chi connectivity index (χ2v) is 11.7. The molecular weight excluding hydrogens is 548 g/mol. The van der Waals surface area contributed by atoms with E-state index in [1.807, 2.05) is 13.8 Å². The topological polar surface area (TPSA) is 218 Å². The number of ether oxygens (including phenoxy) is 1. The molecule has 1 aromatic carbocycles. The van der Waals surface area contributed by atoms with Crippen molar-refractivity contribution in [2.45, 2.75) is 63.1 Å². The van der Waals surface area contributed by atoms with E-state index < -0.39 is 58.0 Å². The lowest BCUT2D eigenvalue weighted by Crippen LogP contribution is -2.67. The lowest BCUT2D eigenvalue weighted by molar-refractivity contribution is -0.150. The molecule has 1 saturated carbocycles. The number of phenols is 1. The van der Waals surface area contributed by atoms with E-state index in [1.165, 1.54) is 6.07 Å². The molecule has 13 nitrogen and oxygen atoms in total. The number of nitrogens with one attached hydrogen (secondary N) is 1. The van der Waals surface area contributed by atoms with Gasteiger partial charge in [-0.1, -0.05) is 19.0 Å². The normalized spacial score (nSPS) is 28.1. The number of carbonyl (C=O) groups is 3. The first kappa shape index (κ1) is 28.1. The number of benzene rings is 1. The van der Waals surface area contributed by atoms with Gasteiger partial charge in [-0.05, 0) is 49.3 Å². The number of hydrogen-bond acceptors (Lipinski definition) is 12. The highest BCUT2D eigenvalue weighted by molar-refractivity contribution is 6.24. The fourth-order valence-corrected chi connectivity index (χ4v) is 6.77. The number of phenolic OH excluding ortho intramolecular Hbond substituents is 1. The lowest BCUT2D eigenvalue weighted by atomic mass is 9.57. The molecule has 13 heteroatoms. The number of nitrogens with zero attached hydrogens (tertiary/aromatic N) is 2. The number of aliphatic hydroxyl groups is 3. The summed E-state index contributed by atoms with van der Waals surface area (Å²) in [4.78, 5) is 44.4. The summed E-state index contributed by atoms with van der Waals surface area (Å²) in [7, 11) is 0. The van der Waals surface area contributed by atoms with E-state index in [-0.39, 0.29) is 47.6 Å². The third kappa shape index (κ3) is 4.06. The lowest BCUT2D eigenvalue weighted by Gasteiger charge is -2.49. The first-order valence-electron chi connectivity index (χ1n) is 14.0. The fraction of sp³-hybridized carbons (Fsp3) is 0.483. The predicted octanol–water partition coefficient (Wildman–Crippen LogP) is 1.34. The van der Waals surface area contributed by atoms with Gasteiger partial charge in [0.05, 0.1) is 11.6 Å². The van der Waals surface area contributed by atoms with E-state index >= 15 is 0 Å². The van der Waals surface area contributed by atoms with Crippen molar-refractivity contribution >= 4 is 23.2 Å². The van der Waals surface area contributed by atoms with Crippen LogP contribution in [0.2, 0.25) is 0 Å². The highest BCUT2D eigenvalue weighted by Gasteiger charge is 2.64. The summed E-state index contributed by atoms with van der Waals surface area (Å²) < 4.78 is 10.9. The first-order valence-corrected chi connectivity index (χ1v) is 14.0. The molecule has 2 fully saturated rings. The minimum atomic E-state index is -2.72. The number of aromatic nitrogens is 2. The Bertz CT molecular complexity index is 1570. The fourth-order valence-electron chi connectivity index (χ4n) is 6.77. The molecule has 2 heterocycles. The van der Waals surface area contributed by atoms with Gasteiger partial charge in [-0.2, -0.15) is 4.98 Å². The molecule has 1 aliphatic heterocycles. The predicted molar refractivity (Wildman–Crippen MR) is 145 cm³/mol. The quantitative estimate of drug-likeness (QED) is 0.276. The molecule has 222 valence electrons. The van der Waals surface area contributed by atoms with Crippen LogP contribution in [-0.4, -0.2) is 78.9 Å². The average Bonchev–Trinajstić information content (AvgIpc) is 3.44. The zero-order valence-corrected chi connectivity index (χ0v) is 23.1. The van der Waals surface area contributed by atoms with Crippen LogP contribution in [0.1, 0.15) is 56.0 Å². The van der Waals surface area contributed by atoms with Gasteiger partial charge in [-0.3, -0.25) is 14.4 Å². The van der Waals surface area contributed by atoms with E-state index in [2.05, 4.69) is 15.5 Å². The zero-order chi connectivity index (χ0) is 30.1. The molecule has 2 aromatic rings. The Morgan fingerprint density at radius 1 is 1.17 bits per heavy atom. The van der Waals surface area contributed by atoms with Crippen molar-refractivity contribution in [2.75, 3.05) is 13.2 Å². The van der Waals surface area contributed by atoms with Crippen LogP contribution >= 0.6 is 0 Å². The van der Waals surface area contributed by atoms with Gasteiger partial charge in [0.2, 0.25) is 5.78 Å². The third-order valence-electron chi connectivity index (χ3n) is 8.91. The molecule has 7 N–H and O–H groups in total. The van der Waals surface area contributed by atoms with Crippen molar-refractivity contribution in [3.63, 3.8) is 0 Å². The van der Waals surface area contributed by atoms with Crippen LogP contribution in [0, 0.1) is 11.8 Å². The van der Waals surface area contributed by atoms with Crippen LogP contribution in [0.25, 0.3) is 17.2 Å². The monoisotopic (exact) mass is 580 g/mol. The molecule has 1 aromatic heterocycles. The highest BCUT2D eigenvalue weighted by atomic mass is 16.5. The molecule has 4 atom stereocenters. The van der Waals surface area contributed by atoms with Crippen LogP contribution in [0.15, 0.2) is 33.6 Å². The van der Waals surface area contributed by atoms with E-state index in [0.717, 1.165) is 0 Å². The van der Waals surface area contributed by atoms with Crippen molar-refractivity contribution < 1.29 is 44.1 Å². The number of carbonyl (C=O) groups excluding carboxylic acids is 3. The number of fused-ring (bicyclic) bond motifs is 3. The second kappa shape index (κ2) is 10.0. The highest BCUT2D eigenvalue weighted by Crippen LogP contribution is 2.53. The molecule has 3 aliphatic carbocycles. The number of primary amides is 1. The molecule has 6 rings (SSSR count). The van der Waals surface area contributed by atoms with Gasteiger partial charge in [0, 0.05) is 42.2 Å².